The van der Waals surface area contributed by atoms with Crippen molar-refractivity contribution in [3.8, 4) is 11.1 Å². The molecule has 0 bridgehead atoms. The fourth-order valence-corrected chi connectivity index (χ4v) is 3.15. The highest BCUT2D eigenvalue weighted by Crippen LogP contribution is 2.28. The lowest BCUT2D eigenvalue weighted by Gasteiger charge is -2.34. The van der Waals surface area contributed by atoms with Crippen molar-refractivity contribution in [1.82, 2.24) is 14.5 Å². The van der Waals surface area contributed by atoms with E-state index in [1.54, 1.807) is 0 Å². The first kappa shape index (κ1) is 14.1. The third kappa shape index (κ3) is 2.64. The predicted molar refractivity (Wildman–Crippen MR) is 94.8 cm³/mol. The van der Waals surface area contributed by atoms with Gasteiger partial charge in [-0.05, 0) is 36.9 Å². The third-order valence-corrected chi connectivity index (χ3v) is 4.57. The summed E-state index contributed by atoms with van der Waals surface area (Å²) >= 11 is 0. The van der Waals surface area contributed by atoms with Gasteiger partial charge in [-0.25, -0.2) is 4.52 Å². The van der Waals surface area contributed by atoms with Crippen LogP contribution in [0, 0.1) is 0 Å². The molecule has 5 nitrogen and oxygen atoms in total. The van der Waals surface area contributed by atoms with Crippen LogP contribution >= 0.6 is 0 Å². The van der Waals surface area contributed by atoms with Crippen LogP contribution in [-0.2, 0) is 0 Å². The quantitative estimate of drug-likeness (QED) is 0.738. The second-order valence-electron chi connectivity index (χ2n) is 6.19. The Labute approximate surface area is 135 Å². The molecule has 4 rings (SSSR count). The van der Waals surface area contributed by atoms with E-state index in [-0.39, 0.29) is 0 Å². The van der Waals surface area contributed by atoms with Gasteiger partial charge in [-0.1, -0.05) is 12.1 Å². The fraction of sp³-hybridized carbons (Fsp3) is 0.278. The Morgan fingerprint density at radius 1 is 0.957 bits per heavy atom. The molecule has 2 N–H and O–H groups in total. The van der Waals surface area contributed by atoms with Crippen LogP contribution in [0.1, 0.15) is 0 Å². The molecule has 5 heteroatoms. The molecule has 0 atom stereocenters. The number of hydrogen-bond acceptors (Lipinski definition) is 4. The van der Waals surface area contributed by atoms with Crippen LogP contribution in [-0.4, -0.2) is 47.7 Å². The summed E-state index contributed by atoms with van der Waals surface area (Å²) < 4.78 is 1.97. The monoisotopic (exact) mass is 307 g/mol. The van der Waals surface area contributed by atoms with Gasteiger partial charge in [0.15, 0.2) is 0 Å². The number of nitrogen functional groups attached to an aromatic ring is 1. The fourth-order valence-electron chi connectivity index (χ4n) is 3.15. The standard InChI is InChI=1S/C18H21N5/c1-21-8-10-22(11-9-21)17-6-7-20-23-13-15(12-18(17)23)14-2-4-16(19)5-3-14/h2-7,12-13H,8-11,19H2,1H3. The number of aromatic nitrogens is 2. The second kappa shape index (κ2) is 5.59. The average molecular weight is 307 g/mol. The molecule has 1 saturated heterocycles. The summed E-state index contributed by atoms with van der Waals surface area (Å²) in [5, 5.41) is 4.47. The molecular formula is C18H21N5. The number of hydrogen-bond donors (Lipinski definition) is 1. The molecule has 23 heavy (non-hydrogen) atoms. The maximum Gasteiger partial charge on any atom is 0.0886 e. The van der Waals surface area contributed by atoms with E-state index >= 15 is 0 Å². The van der Waals surface area contributed by atoms with Gasteiger partial charge in [0, 0.05) is 49.8 Å². The van der Waals surface area contributed by atoms with Gasteiger partial charge in [0.05, 0.1) is 11.2 Å². The molecule has 3 aromatic rings. The average Bonchev–Trinajstić information content (AvgIpc) is 3.00. The summed E-state index contributed by atoms with van der Waals surface area (Å²) in [7, 11) is 2.18. The largest absolute Gasteiger partial charge is 0.399 e. The Bertz CT molecular complexity index is 813. The summed E-state index contributed by atoms with van der Waals surface area (Å²) in [4.78, 5) is 4.82. The van der Waals surface area contributed by atoms with Gasteiger partial charge in [0.25, 0.3) is 0 Å². The van der Waals surface area contributed by atoms with E-state index < -0.39 is 0 Å². The molecule has 1 aliphatic heterocycles. The summed E-state index contributed by atoms with van der Waals surface area (Å²) in [6.07, 6.45) is 3.97. The molecule has 0 saturated carbocycles. The summed E-state index contributed by atoms with van der Waals surface area (Å²) in [5.74, 6) is 0. The van der Waals surface area contributed by atoms with Gasteiger partial charge in [0.1, 0.15) is 0 Å². The zero-order valence-electron chi connectivity index (χ0n) is 13.3. The van der Waals surface area contributed by atoms with Crippen LogP contribution in [0.3, 0.4) is 0 Å². The van der Waals surface area contributed by atoms with Gasteiger partial charge in [-0.2, -0.15) is 5.10 Å². The number of fused-ring (bicyclic) bond motifs is 1. The molecular weight excluding hydrogens is 286 g/mol. The normalized spacial score (nSPS) is 16.1. The Hall–Kier alpha value is -2.53. The molecule has 1 fully saturated rings. The number of likely N-dealkylation sites (N-methyl/N-ethyl adjacent to an activating group) is 1. The lowest BCUT2D eigenvalue weighted by molar-refractivity contribution is 0.313. The Kier molecular flexibility index (Phi) is 3.42. The van der Waals surface area contributed by atoms with Gasteiger partial charge < -0.3 is 15.5 Å². The molecule has 1 aliphatic rings. The molecule has 0 unspecified atom stereocenters. The highest BCUT2D eigenvalue weighted by molar-refractivity contribution is 5.80. The van der Waals surface area contributed by atoms with Gasteiger partial charge >= 0.3 is 0 Å². The van der Waals surface area contributed by atoms with Crippen LogP contribution in [0.4, 0.5) is 11.4 Å². The Morgan fingerprint density at radius 2 is 1.70 bits per heavy atom. The van der Waals surface area contributed by atoms with Crippen LogP contribution < -0.4 is 10.6 Å². The number of piperazine rings is 1. The zero-order chi connectivity index (χ0) is 15.8. The third-order valence-electron chi connectivity index (χ3n) is 4.57. The predicted octanol–water partition coefficient (Wildman–Crippen LogP) is 2.34. The van der Waals surface area contributed by atoms with E-state index in [2.05, 4.69) is 52.4 Å². The maximum absolute atomic E-state index is 5.78. The number of benzene rings is 1. The van der Waals surface area contributed by atoms with Crippen molar-refractivity contribution in [1.29, 1.82) is 0 Å². The van der Waals surface area contributed by atoms with Gasteiger partial charge in [-0.3, -0.25) is 0 Å². The van der Waals surface area contributed by atoms with Crippen LogP contribution in [0.2, 0.25) is 0 Å². The molecule has 0 radical (unpaired) electrons. The van der Waals surface area contributed by atoms with E-state index in [9.17, 15) is 0 Å². The SMILES string of the molecule is CN1CCN(c2ccnn3cc(-c4ccc(N)cc4)cc23)CC1. The van der Waals surface area contributed by atoms with E-state index in [4.69, 9.17) is 5.73 Å². The van der Waals surface area contributed by atoms with Crippen molar-refractivity contribution in [2.24, 2.45) is 0 Å². The highest BCUT2D eigenvalue weighted by atomic mass is 15.3. The summed E-state index contributed by atoms with van der Waals surface area (Å²) in [6.45, 7) is 4.30. The zero-order valence-corrected chi connectivity index (χ0v) is 13.3. The van der Waals surface area contributed by atoms with Crippen molar-refractivity contribution in [3.63, 3.8) is 0 Å². The highest BCUT2D eigenvalue weighted by Gasteiger charge is 2.17. The van der Waals surface area contributed by atoms with E-state index in [0.717, 1.165) is 42.9 Å². The van der Waals surface area contributed by atoms with Crippen LogP contribution in [0.5, 0.6) is 0 Å². The summed E-state index contributed by atoms with van der Waals surface area (Å²) in [6, 6.07) is 12.3. The van der Waals surface area contributed by atoms with Crippen molar-refractivity contribution in [3.05, 3.63) is 48.8 Å². The minimum Gasteiger partial charge on any atom is -0.399 e. The number of nitrogens with two attached hydrogens (primary N) is 1. The number of anilines is 2. The first-order valence-electron chi connectivity index (χ1n) is 7.97. The van der Waals surface area contributed by atoms with Crippen molar-refractivity contribution in [2.45, 2.75) is 0 Å². The Balaban J connectivity index is 1.74. The van der Waals surface area contributed by atoms with Crippen molar-refractivity contribution >= 4 is 16.9 Å². The number of rotatable bonds is 2. The van der Waals surface area contributed by atoms with E-state index in [0.29, 0.717) is 0 Å². The summed E-state index contributed by atoms with van der Waals surface area (Å²) in [5.41, 5.74) is 11.3. The molecule has 2 aromatic heterocycles. The molecule has 3 heterocycles. The lowest BCUT2D eigenvalue weighted by Crippen LogP contribution is -2.44. The smallest absolute Gasteiger partial charge is 0.0886 e. The Morgan fingerprint density at radius 3 is 2.43 bits per heavy atom. The van der Waals surface area contributed by atoms with E-state index in [1.807, 2.05) is 22.8 Å². The first-order chi connectivity index (χ1) is 11.2. The molecule has 0 amide bonds. The first-order valence-corrected chi connectivity index (χ1v) is 7.97. The van der Waals surface area contributed by atoms with Crippen LogP contribution in [0.25, 0.3) is 16.6 Å². The molecule has 118 valence electrons. The maximum atomic E-state index is 5.78. The minimum atomic E-state index is 0.786. The van der Waals surface area contributed by atoms with E-state index in [1.165, 1.54) is 11.3 Å². The molecule has 1 aromatic carbocycles. The van der Waals surface area contributed by atoms with Crippen LogP contribution in [0.15, 0.2) is 48.8 Å². The van der Waals surface area contributed by atoms with Gasteiger partial charge in [-0.15, -0.1) is 0 Å². The topological polar surface area (TPSA) is 49.8 Å². The molecule has 0 spiro atoms. The lowest BCUT2D eigenvalue weighted by atomic mass is 10.1. The number of nitrogens with zero attached hydrogens (tertiary/aromatic N) is 4. The van der Waals surface area contributed by atoms with Crippen molar-refractivity contribution in [2.75, 3.05) is 43.9 Å². The van der Waals surface area contributed by atoms with Gasteiger partial charge in [0.2, 0.25) is 0 Å². The minimum absolute atomic E-state index is 0.786. The molecule has 0 aliphatic carbocycles. The second-order valence-corrected chi connectivity index (χ2v) is 6.19. The van der Waals surface area contributed by atoms with Crippen molar-refractivity contribution < 1.29 is 0 Å².